The highest BCUT2D eigenvalue weighted by atomic mass is 19.4. The standard InChI is InChI=1S/C21H28F12O3/c22-18(23,24)16(19(25,26)27,13-7-3-1-4-8-13)35-11-15(34)12-36-17(20(28,29)30,21(31,32)33)14-9-5-2-6-10-14/h13-15,34H,1-12H2. The van der Waals surface area contributed by atoms with Gasteiger partial charge in [-0.2, -0.15) is 52.7 Å². The molecule has 0 heterocycles. The van der Waals surface area contributed by atoms with Gasteiger partial charge in [0.1, 0.15) is 6.10 Å². The number of aliphatic hydroxyl groups excluding tert-OH is 1. The summed E-state index contributed by atoms with van der Waals surface area (Å²) in [6.45, 7) is -3.68. The third-order valence-corrected chi connectivity index (χ3v) is 7.05. The SMILES string of the molecule is OC(COC(C1CCCCC1)(C(F)(F)F)C(F)(F)F)COC(C1CCCCC1)(C(F)(F)F)C(F)(F)F. The molecule has 2 aliphatic rings. The average molecular weight is 556 g/mol. The number of hydrogen-bond donors (Lipinski definition) is 1. The second kappa shape index (κ2) is 11.0. The highest BCUT2D eigenvalue weighted by Crippen LogP contribution is 2.55. The molecule has 2 saturated carbocycles. The van der Waals surface area contributed by atoms with Gasteiger partial charge in [-0.3, -0.25) is 0 Å². The first-order valence-corrected chi connectivity index (χ1v) is 11.5. The van der Waals surface area contributed by atoms with Crippen molar-refractivity contribution in [2.45, 2.75) is 106 Å². The quantitative estimate of drug-likeness (QED) is 0.320. The fourth-order valence-electron chi connectivity index (χ4n) is 5.33. The van der Waals surface area contributed by atoms with Crippen LogP contribution in [0.15, 0.2) is 0 Å². The first-order chi connectivity index (χ1) is 16.3. The maximum Gasteiger partial charge on any atom is 0.426 e. The zero-order valence-corrected chi connectivity index (χ0v) is 19.0. The van der Waals surface area contributed by atoms with E-state index in [4.69, 9.17) is 0 Å². The summed E-state index contributed by atoms with van der Waals surface area (Å²) in [5.41, 5.74) is -9.48. The fourth-order valence-corrected chi connectivity index (χ4v) is 5.33. The molecule has 2 aliphatic carbocycles. The highest BCUT2D eigenvalue weighted by molar-refractivity contribution is 5.04. The van der Waals surface area contributed by atoms with Gasteiger partial charge in [0.15, 0.2) is 0 Å². The molecule has 36 heavy (non-hydrogen) atoms. The van der Waals surface area contributed by atoms with Gasteiger partial charge in [-0.1, -0.05) is 38.5 Å². The molecular weight excluding hydrogens is 528 g/mol. The summed E-state index contributed by atoms with van der Waals surface area (Å²) in [4.78, 5) is 0. The van der Waals surface area contributed by atoms with E-state index >= 15 is 0 Å². The van der Waals surface area contributed by atoms with E-state index in [1.807, 2.05) is 0 Å². The smallest absolute Gasteiger partial charge is 0.388 e. The Morgan fingerprint density at radius 3 is 0.972 bits per heavy atom. The van der Waals surface area contributed by atoms with E-state index in [-0.39, 0.29) is 25.7 Å². The molecular formula is C21H28F12O3. The number of aliphatic hydroxyl groups is 1. The van der Waals surface area contributed by atoms with Crippen LogP contribution in [0.2, 0.25) is 0 Å². The third-order valence-electron chi connectivity index (χ3n) is 7.05. The van der Waals surface area contributed by atoms with E-state index in [2.05, 4.69) is 9.47 Å². The molecule has 3 nitrogen and oxygen atoms in total. The Labute approximate surface area is 199 Å². The summed E-state index contributed by atoms with van der Waals surface area (Å²) < 4.78 is 174. The zero-order valence-electron chi connectivity index (χ0n) is 19.0. The molecule has 214 valence electrons. The monoisotopic (exact) mass is 556 g/mol. The van der Waals surface area contributed by atoms with Crippen molar-refractivity contribution in [3.05, 3.63) is 0 Å². The average Bonchev–Trinajstić information content (AvgIpc) is 2.72. The minimum atomic E-state index is -6.02. The predicted molar refractivity (Wildman–Crippen MR) is 101 cm³/mol. The normalized spacial score (nSPS) is 20.8. The van der Waals surface area contributed by atoms with Gasteiger partial charge in [0, 0.05) is 11.8 Å². The predicted octanol–water partition coefficient (Wildman–Crippen LogP) is 7.27. The van der Waals surface area contributed by atoms with Crippen LogP contribution in [0.5, 0.6) is 0 Å². The molecule has 2 fully saturated rings. The van der Waals surface area contributed by atoms with Crippen LogP contribution in [-0.2, 0) is 9.47 Å². The Hall–Kier alpha value is -0.960. The zero-order chi connectivity index (χ0) is 27.6. The largest absolute Gasteiger partial charge is 0.426 e. The lowest BCUT2D eigenvalue weighted by atomic mass is 9.75. The van der Waals surface area contributed by atoms with Crippen LogP contribution < -0.4 is 0 Å². The van der Waals surface area contributed by atoms with Crippen molar-refractivity contribution in [2.75, 3.05) is 13.2 Å². The summed E-state index contributed by atoms with van der Waals surface area (Å²) in [7, 11) is 0. The number of halogens is 12. The number of alkyl halides is 12. The minimum Gasteiger partial charge on any atom is -0.388 e. The Morgan fingerprint density at radius 1 is 0.500 bits per heavy atom. The number of rotatable bonds is 8. The van der Waals surface area contributed by atoms with Gasteiger partial charge in [-0.05, 0) is 25.7 Å². The second-order valence-corrected chi connectivity index (χ2v) is 9.41. The second-order valence-electron chi connectivity index (χ2n) is 9.41. The maximum absolute atomic E-state index is 13.8. The molecule has 0 bridgehead atoms. The number of hydrogen-bond acceptors (Lipinski definition) is 3. The van der Waals surface area contributed by atoms with Crippen LogP contribution >= 0.6 is 0 Å². The van der Waals surface area contributed by atoms with E-state index in [0.29, 0.717) is 12.8 Å². The van der Waals surface area contributed by atoms with Crippen molar-refractivity contribution in [2.24, 2.45) is 11.8 Å². The van der Waals surface area contributed by atoms with E-state index in [9.17, 15) is 57.8 Å². The van der Waals surface area contributed by atoms with E-state index in [1.54, 1.807) is 0 Å². The van der Waals surface area contributed by atoms with Crippen molar-refractivity contribution in [3.8, 4) is 0 Å². The van der Waals surface area contributed by atoms with Gasteiger partial charge in [0.05, 0.1) is 13.2 Å². The molecule has 0 unspecified atom stereocenters. The summed E-state index contributed by atoms with van der Waals surface area (Å²) in [6, 6.07) is 0. The van der Waals surface area contributed by atoms with Gasteiger partial charge in [0.25, 0.3) is 11.2 Å². The lowest BCUT2D eigenvalue weighted by molar-refractivity contribution is -0.409. The molecule has 0 radical (unpaired) electrons. The summed E-state index contributed by atoms with van der Waals surface area (Å²) >= 11 is 0. The first kappa shape index (κ1) is 31.3. The van der Waals surface area contributed by atoms with Crippen molar-refractivity contribution < 1.29 is 67.3 Å². The summed E-state index contributed by atoms with van der Waals surface area (Å²) in [5, 5.41) is 9.92. The third kappa shape index (κ3) is 6.02. The molecule has 0 atom stereocenters. The fraction of sp³-hybridized carbons (Fsp3) is 1.00. The van der Waals surface area contributed by atoms with Crippen molar-refractivity contribution in [3.63, 3.8) is 0 Å². The van der Waals surface area contributed by atoms with Crippen molar-refractivity contribution >= 4 is 0 Å². The van der Waals surface area contributed by atoms with Crippen LogP contribution in [0.4, 0.5) is 52.7 Å². The molecule has 0 amide bonds. The van der Waals surface area contributed by atoms with Gasteiger partial charge in [-0.25, -0.2) is 0 Å². The topological polar surface area (TPSA) is 38.7 Å². The molecule has 0 aromatic carbocycles. The van der Waals surface area contributed by atoms with Crippen LogP contribution in [0.3, 0.4) is 0 Å². The van der Waals surface area contributed by atoms with Crippen LogP contribution in [0.25, 0.3) is 0 Å². The lowest BCUT2D eigenvalue weighted by Gasteiger charge is -2.45. The van der Waals surface area contributed by atoms with Gasteiger partial charge >= 0.3 is 24.7 Å². The molecule has 0 saturated heterocycles. The Balaban J connectivity index is 2.28. The highest BCUT2D eigenvalue weighted by Gasteiger charge is 2.76. The lowest BCUT2D eigenvalue weighted by Crippen LogP contribution is -2.65. The Bertz CT molecular complexity index is 600. The Kier molecular flexibility index (Phi) is 9.58. The van der Waals surface area contributed by atoms with Crippen molar-refractivity contribution in [1.29, 1.82) is 0 Å². The van der Waals surface area contributed by atoms with Gasteiger partial charge < -0.3 is 14.6 Å². The minimum absolute atomic E-state index is 0.0364. The van der Waals surface area contributed by atoms with Gasteiger partial charge in [0.2, 0.25) is 0 Å². The molecule has 2 rings (SSSR count). The molecule has 1 N–H and O–H groups in total. The van der Waals surface area contributed by atoms with E-state index in [1.165, 1.54) is 0 Å². The summed E-state index contributed by atoms with van der Waals surface area (Å²) in [5.74, 6) is -4.18. The summed E-state index contributed by atoms with van der Waals surface area (Å²) in [6.07, 6.45) is -27.8. The van der Waals surface area contributed by atoms with Crippen molar-refractivity contribution in [1.82, 2.24) is 0 Å². The molecule has 0 spiro atoms. The Morgan fingerprint density at radius 2 is 0.750 bits per heavy atom. The number of ether oxygens (including phenoxy) is 2. The van der Waals surface area contributed by atoms with Gasteiger partial charge in [-0.15, -0.1) is 0 Å². The molecule has 0 aromatic rings. The van der Waals surface area contributed by atoms with Crippen LogP contribution in [0, 0.1) is 11.8 Å². The van der Waals surface area contributed by atoms with Crippen LogP contribution in [0.1, 0.15) is 64.2 Å². The first-order valence-electron chi connectivity index (χ1n) is 11.5. The van der Waals surface area contributed by atoms with E-state index < -0.39 is 92.7 Å². The molecule has 0 aliphatic heterocycles. The van der Waals surface area contributed by atoms with Crippen LogP contribution in [-0.4, -0.2) is 60.3 Å². The van der Waals surface area contributed by atoms with E-state index in [0.717, 1.165) is 0 Å². The molecule has 0 aromatic heterocycles. The maximum atomic E-state index is 13.8. The molecule has 15 heteroatoms.